The Morgan fingerprint density at radius 3 is 2.26 bits per heavy atom. The van der Waals surface area contributed by atoms with E-state index in [9.17, 15) is 14.4 Å². The van der Waals surface area contributed by atoms with Gasteiger partial charge in [0.05, 0.1) is 17.5 Å². The molecule has 0 radical (unpaired) electrons. The quantitative estimate of drug-likeness (QED) is 0.425. The number of anilines is 1. The van der Waals surface area contributed by atoms with Gasteiger partial charge in [0.1, 0.15) is 5.75 Å². The maximum absolute atomic E-state index is 13.3. The highest BCUT2D eigenvalue weighted by Gasteiger charge is 2.67. The number of aryl methyl sites for hydroxylation is 1. The largest absolute Gasteiger partial charge is 0.485 e. The lowest BCUT2D eigenvalue weighted by molar-refractivity contribution is -0.124. The third-order valence-corrected chi connectivity index (χ3v) is 7.48. The van der Waals surface area contributed by atoms with Crippen LogP contribution in [-0.2, 0) is 9.59 Å². The third kappa shape index (κ3) is 2.79. The van der Waals surface area contributed by atoms with Crippen LogP contribution in [0.25, 0.3) is 0 Å². The standard InChI is InChI=1S/C26H23NO4/c1-14-5-7-15(8-6-14)22(28)13-31-17-4-2-3-16(11-17)27-25(29)23-18-9-10-19(21-12-20(18)21)24(23)26(27)30/h2-11,18-21,23-24H,12-13H2,1H3/t18-,19-,20-,21-,23-,24+/m1/s1. The Morgan fingerprint density at radius 1 is 0.968 bits per heavy atom. The highest BCUT2D eigenvalue weighted by atomic mass is 16.5. The molecule has 0 unspecified atom stereocenters. The summed E-state index contributed by atoms with van der Waals surface area (Å²) >= 11 is 0. The normalized spacial score (nSPS) is 32.1. The molecule has 2 aromatic carbocycles. The van der Waals surface area contributed by atoms with E-state index in [2.05, 4.69) is 12.2 Å². The minimum absolute atomic E-state index is 0.0902. The topological polar surface area (TPSA) is 63.7 Å². The number of allylic oxidation sites excluding steroid dienone is 2. The van der Waals surface area contributed by atoms with Gasteiger partial charge < -0.3 is 4.74 Å². The number of benzene rings is 2. The van der Waals surface area contributed by atoms with Gasteiger partial charge in [0.2, 0.25) is 11.8 Å². The number of ketones is 1. The first-order valence-electron chi connectivity index (χ1n) is 10.9. The van der Waals surface area contributed by atoms with Gasteiger partial charge in [-0.25, -0.2) is 4.90 Å². The first-order chi connectivity index (χ1) is 15.0. The monoisotopic (exact) mass is 413 g/mol. The average molecular weight is 413 g/mol. The lowest BCUT2D eigenvalue weighted by Gasteiger charge is -2.37. The number of amides is 2. The molecule has 1 aliphatic heterocycles. The van der Waals surface area contributed by atoms with Crippen molar-refractivity contribution in [1.29, 1.82) is 0 Å². The number of nitrogens with zero attached hydrogens (tertiary/aromatic N) is 1. The molecule has 0 N–H and O–H groups in total. The minimum atomic E-state index is -0.223. The summed E-state index contributed by atoms with van der Waals surface area (Å²) in [7, 11) is 0. The molecule has 7 rings (SSSR count). The zero-order valence-electron chi connectivity index (χ0n) is 17.2. The summed E-state index contributed by atoms with van der Waals surface area (Å²) in [5, 5.41) is 0. The molecule has 156 valence electrons. The molecule has 31 heavy (non-hydrogen) atoms. The van der Waals surface area contributed by atoms with Crippen LogP contribution in [0.3, 0.4) is 0 Å². The molecule has 5 aliphatic rings. The molecule has 4 aliphatic carbocycles. The van der Waals surface area contributed by atoms with Gasteiger partial charge in [-0.05, 0) is 49.1 Å². The van der Waals surface area contributed by atoms with Crippen LogP contribution < -0.4 is 9.64 Å². The second kappa shape index (κ2) is 6.64. The molecular weight excluding hydrogens is 390 g/mol. The van der Waals surface area contributed by atoms with Gasteiger partial charge in [-0.15, -0.1) is 0 Å². The van der Waals surface area contributed by atoms with Crippen molar-refractivity contribution in [2.24, 2.45) is 35.5 Å². The van der Waals surface area contributed by atoms with E-state index in [1.807, 2.05) is 19.1 Å². The summed E-state index contributed by atoms with van der Waals surface area (Å²) in [5.74, 6) is 1.29. The molecule has 2 saturated carbocycles. The number of hydrogen-bond donors (Lipinski definition) is 0. The number of ether oxygens (including phenoxy) is 1. The summed E-state index contributed by atoms with van der Waals surface area (Å²) in [6.45, 7) is 1.87. The molecule has 5 heteroatoms. The number of carbonyl (C=O) groups is 3. The van der Waals surface area contributed by atoms with E-state index in [1.54, 1.807) is 36.4 Å². The van der Waals surface area contributed by atoms with Gasteiger partial charge >= 0.3 is 0 Å². The van der Waals surface area contributed by atoms with Crippen LogP contribution in [0.4, 0.5) is 5.69 Å². The van der Waals surface area contributed by atoms with Crippen molar-refractivity contribution >= 4 is 23.3 Å². The van der Waals surface area contributed by atoms with Crippen LogP contribution in [0.5, 0.6) is 5.75 Å². The molecule has 0 spiro atoms. The molecule has 2 amide bonds. The van der Waals surface area contributed by atoms with Gasteiger partial charge in [-0.2, -0.15) is 0 Å². The second-order valence-electron chi connectivity index (χ2n) is 9.24. The zero-order chi connectivity index (χ0) is 21.3. The molecule has 6 atom stereocenters. The molecule has 2 bridgehead atoms. The fourth-order valence-corrected chi connectivity index (χ4v) is 5.90. The average Bonchev–Trinajstić information content (AvgIpc) is 3.56. The molecule has 0 aromatic heterocycles. The van der Waals surface area contributed by atoms with Crippen LogP contribution in [-0.4, -0.2) is 24.2 Å². The van der Waals surface area contributed by atoms with Crippen LogP contribution in [0.1, 0.15) is 22.3 Å². The smallest absolute Gasteiger partial charge is 0.238 e. The number of carbonyl (C=O) groups excluding carboxylic acids is 3. The molecule has 5 nitrogen and oxygen atoms in total. The maximum atomic E-state index is 13.3. The van der Waals surface area contributed by atoms with E-state index in [-0.39, 0.29) is 47.9 Å². The van der Waals surface area contributed by atoms with Gasteiger partial charge in [0.25, 0.3) is 0 Å². The summed E-state index contributed by atoms with van der Waals surface area (Å²) in [6.07, 6.45) is 5.49. The Bertz CT molecular complexity index is 1100. The van der Waals surface area contributed by atoms with Crippen molar-refractivity contribution in [2.75, 3.05) is 11.5 Å². The van der Waals surface area contributed by atoms with Gasteiger partial charge in [0.15, 0.2) is 12.4 Å². The molecule has 1 saturated heterocycles. The first kappa shape index (κ1) is 18.6. The van der Waals surface area contributed by atoms with E-state index in [0.29, 0.717) is 28.8 Å². The number of rotatable bonds is 5. The van der Waals surface area contributed by atoms with Gasteiger partial charge in [-0.3, -0.25) is 14.4 Å². The van der Waals surface area contributed by atoms with Crippen molar-refractivity contribution in [3.8, 4) is 5.75 Å². The van der Waals surface area contributed by atoms with Gasteiger partial charge in [0, 0.05) is 11.6 Å². The fraction of sp³-hybridized carbons (Fsp3) is 0.346. The summed E-state index contributed by atoms with van der Waals surface area (Å²) < 4.78 is 5.71. The fourth-order valence-electron chi connectivity index (χ4n) is 5.90. The van der Waals surface area contributed by atoms with Crippen molar-refractivity contribution in [3.05, 3.63) is 71.8 Å². The predicted molar refractivity (Wildman–Crippen MR) is 115 cm³/mol. The van der Waals surface area contributed by atoms with Crippen LogP contribution in [0.15, 0.2) is 60.7 Å². The first-order valence-corrected chi connectivity index (χ1v) is 10.9. The van der Waals surface area contributed by atoms with Crippen LogP contribution in [0, 0.1) is 42.4 Å². The van der Waals surface area contributed by atoms with Crippen molar-refractivity contribution in [2.45, 2.75) is 13.3 Å². The Kier molecular flexibility index (Phi) is 3.98. The highest BCUT2D eigenvalue weighted by molar-refractivity contribution is 6.22. The molecular formula is C26H23NO4. The summed E-state index contributed by atoms with van der Waals surface area (Å²) in [5.41, 5.74) is 2.21. The summed E-state index contributed by atoms with van der Waals surface area (Å²) in [6, 6.07) is 14.3. The Balaban J connectivity index is 1.20. The number of imide groups is 1. The predicted octanol–water partition coefficient (Wildman–Crippen LogP) is 3.81. The number of hydrogen-bond acceptors (Lipinski definition) is 4. The SMILES string of the molecule is Cc1ccc(C(=O)COc2cccc(N3C(=O)[C@@H]4[C@@H]5C=C[C@H]([C@H]6C[C@H]56)[C@@H]4C3=O)c2)cc1. The molecule has 1 heterocycles. The minimum Gasteiger partial charge on any atom is -0.485 e. The van der Waals surface area contributed by atoms with Crippen LogP contribution >= 0.6 is 0 Å². The van der Waals surface area contributed by atoms with Crippen molar-refractivity contribution in [3.63, 3.8) is 0 Å². The zero-order valence-corrected chi connectivity index (χ0v) is 17.2. The van der Waals surface area contributed by atoms with Gasteiger partial charge in [-0.1, -0.05) is 48.0 Å². The maximum Gasteiger partial charge on any atom is 0.238 e. The highest BCUT2D eigenvalue weighted by Crippen LogP contribution is 2.65. The Morgan fingerprint density at radius 2 is 1.61 bits per heavy atom. The summed E-state index contributed by atoms with van der Waals surface area (Å²) in [4.78, 5) is 40.3. The lowest BCUT2D eigenvalue weighted by Crippen LogP contribution is -2.40. The van der Waals surface area contributed by atoms with E-state index < -0.39 is 0 Å². The third-order valence-electron chi connectivity index (χ3n) is 7.48. The van der Waals surface area contributed by atoms with E-state index in [0.717, 1.165) is 12.0 Å². The number of Topliss-reactive ketones (excluding diaryl/α,β-unsaturated/α-hetero) is 1. The van der Waals surface area contributed by atoms with E-state index in [4.69, 9.17) is 4.74 Å². The van der Waals surface area contributed by atoms with Crippen molar-refractivity contribution in [1.82, 2.24) is 0 Å². The molecule has 3 fully saturated rings. The Hall–Kier alpha value is -3.21. The van der Waals surface area contributed by atoms with Crippen LogP contribution in [0.2, 0.25) is 0 Å². The molecule has 2 aromatic rings. The van der Waals surface area contributed by atoms with Crippen molar-refractivity contribution < 1.29 is 19.1 Å². The van der Waals surface area contributed by atoms with E-state index in [1.165, 1.54) is 4.90 Å². The Labute approximate surface area is 180 Å². The van der Waals surface area contributed by atoms with E-state index >= 15 is 0 Å². The second-order valence-corrected chi connectivity index (χ2v) is 9.24. The lowest BCUT2D eigenvalue weighted by atomic mass is 9.63.